The summed E-state index contributed by atoms with van der Waals surface area (Å²) in [7, 11) is 0. The first kappa shape index (κ1) is 12.9. The average molecular weight is 243 g/mol. The van der Waals surface area contributed by atoms with Gasteiger partial charge in [-0.05, 0) is 48.4 Å². The second kappa shape index (κ2) is 3.98. The van der Waals surface area contributed by atoms with Crippen LogP contribution in [0.4, 0.5) is 0 Å². The maximum atomic E-state index is 11.2. The van der Waals surface area contributed by atoms with Gasteiger partial charge in [-0.2, -0.15) is 0 Å². The van der Waals surface area contributed by atoms with Crippen LogP contribution >= 0.6 is 0 Å². The van der Waals surface area contributed by atoms with E-state index in [4.69, 9.17) is 0 Å². The second-order valence-electron chi connectivity index (χ2n) is 6.48. The first-order valence-corrected chi connectivity index (χ1v) is 6.34. The summed E-state index contributed by atoms with van der Waals surface area (Å²) in [6, 6.07) is 8.56. The van der Waals surface area contributed by atoms with E-state index >= 15 is 0 Å². The number of rotatable bonds is 2. The Labute approximate surface area is 109 Å². The van der Waals surface area contributed by atoms with E-state index in [1.54, 1.807) is 0 Å². The van der Waals surface area contributed by atoms with E-state index in [1.165, 1.54) is 10.9 Å². The number of benzene rings is 1. The molecule has 1 aromatic heterocycles. The molecule has 0 spiro atoms. The topological polar surface area (TPSA) is 22.0 Å². The first-order valence-electron chi connectivity index (χ1n) is 6.34. The molecule has 2 aromatic rings. The zero-order chi connectivity index (χ0) is 13.6. The van der Waals surface area contributed by atoms with Crippen LogP contribution in [0.5, 0.6) is 0 Å². The Morgan fingerprint density at radius 1 is 1.06 bits per heavy atom. The van der Waals surface area contributed by atoms with E-state index in [2.05, 4.69) is 45.0 Å². The van der Waals surface area contributed by atoms with Crippen LogP contribution in [-0.2, 0) is 15.7 Å². The van der Waals surface area contributed by atoms with E-state index in [-0.39, 0.29) is 5.41 Å². The highest BCUT2D eigenvalue weighted by atomic mass is 16.1. The van der Waals surface area contributed by atoms with Crippen LogP contribution in [0, 0.1) is 0 Å². The number of nitrogens with zero attached hydrogens (tertiary/aromatic N) is 1. The van der Waals surface area contributed by atoms with Crippen molar-refractivity contribution in [3.63, 3.8) is 0 Å². The minimum absolute atomic E-state index is 0.149. The predicted molar refractivity (Wildman–Crippen MR) is 76.0 cm³/mol. The Bertz CT molecular complexity index is 585. The monoisotopic (exact) mass is 243 g/mol. The van der Waals surface area contributed by atoms with E-state index in [1.807, 2.05) is 24.6 Å². The van der Waals surface area contributed by atoms with Crippen molar-refractivity contribution in [2.45, 2.75) is 45.6 Å². The zero-order valence-electron chi connectivity index (χ0n) is 11.8. The number of aromatic nitrogens is 1. The molecule has 0 aliphatic carbocycles. The molecule has 0 saturated carbocycles. The van der Waals surface area contributed by atoms with Gasteiger partial charge in [-0.15, -0.1) is 0 Å². The lowest BCUT2D eigenvalue weighted by molar-refractivity contribution is -0.113. The van der Waals surface area contributed by atoms with Gasteiger partial charge >= 0.3 is 0 Å². The summed E-state index contributed by atoms with van der Waals surface area (Å²) >= 11 is 0. The van der Waals surface area contributed by atoms with Crippen molar-refractivity contribution in [1.29, 1.82) is 0 Å². The maximum absolute atomic E-state index is 11.2. The van der Waals surface area contributed by atoms with Crippen LogP contribution in [0.2, 0.25) is 0 Å². The van der Waals surface area contributed by atoms with Crippen molar-refractivity contribution < 1.29 is 4.79 Å². The molecule has 0 aliphatic heterocycles. The van der Waals surface area contributed by atoms with Crippen LogP contribution in [0.1, 0.15) is 40.2 Å². The molecule has 2 nitrogen and oxygen atoms in total. The summed E-state index contributed by atoms with van der Waals surface area (Å²) in [5.74, 6) is 0. The summed E-state index contributed by atoms with van der Waals surface area (Å²) in [6.07, 6.45) is 2.98. The van der Waals surface area contributed by atoms with Crippen LogP contribution in [-0.4, -0.2) is 10.9 Å². The Morgan fingerprint density at radius 3 is 2.28 bits per heavy atom. The fourth-order valence-corrected chi connectivity index (χ4v) is 2.17. The van der Waals surface area contributed by atoms with Crippen molar-refractivity contribution in [3.8, 4) is 0 Å². The van der Waals surface area contributed by atoms with Crippen LogP contribution in [0.15, 0.2) is 30.5 Å². The third kappa shape index (κ3) is 2.07. The summed E-state index contributed by atoms with van der Waals surface area (Å²) in [5.41, 5.74) is 2.08. The Kier molecular flexibility index (Phi) is 2.84. The molecule has 2 heteroatoms. The normalized spacial score (nSPS) is 12.9. The molecular formula is C16H21NO. The summed E-state index contributed by atoms with van der Waals surface area (Å²) < 4.78 is 2.03. The molecule has 2 rings (SSSR count). The fraction of sp³-hybridized carbons (Fsp3) is 0.438. The molecule has 0 fully saturated rings. The van der Waals surface area contributed by atoms with Gasteiger partial charge in [0.1, 0.15) is 6.29 Å². The molecule has 1 heterocycles. The number of carbonyl (C=O) groups excluding carboxylic acids is 1. The van der Waals surface area contributed by atoms with E-state index < -0.39 is 5.54 Å². The molecule has 0 unspecified atom stereocenters. The first-order chi connectivity index (χ1) is 8.25. The van der Waals surface area contributed by atoms with Gasteiger partial charge in [-0.1, -0.05) is 26.8 Å². The van der Waals surface area contributed by atoms with E-state index in [9.17, 15) is 4.79 Å². The van der Waals surface area contributed by atoms with Gasteiger partial charge in [0, 0.05) is 11.7 Å². The third-order valence-electron chi connectivity index (χ3n) is 3.47. The highest BCUT2D eigenvalue weighted by Crippen LogP contribution is 2.28. The highest BCUT2D eigenvalue weighted by Gasteiger charge is 2.21. The number of fused-ring (bicyclic) bond motifs is 1. The number of carbonyl (C=O) groups is 1. The molecule has 96 valence electrons. The molecular weight excluding hydrogens is 222 g/mol. The minimum atomic E-state index is -0.495. The SMILES string of the molecule is CC(C)(C)c1ccc2c(ccn2C(C)(C)C=O)c1. The quantitative estimate of drug-likeness (QED) is 0.734. The van der Waals surface area contributed by atoms with Crippen molar-refractivity contribution >= 4 is 17.2 Å². The van der Waals surface area contributed by atoms with Crippen LogP contribution in [0.3, 0.4) is 0 Å². The van der Waals surface area contributed by atoms with Crippen molar-refractivity contribution in [3.05, 3.63) is 36.0 Å². The maximum Gasteiger partial charge on any atom is 0.145 e. The second-order valence-corrected chi connectivity index (χ2v) is 6.48. The summed E-state index contributed by atoms with van der Waals surface area (Å²) in [4.78, 5) is 11.2. The highest BCUT2D eigenvalue weighted by molar-refractivity contribution is 5.83. The lowest BCUT2D eigenvalue weighted by Gasteiger charge is -2.22. The Morgan fingerprint density at radius 2 is 1.72 bits per heavy atom. The Balaban J connectivity index is 2.61. The zero-order valence-corrected chi connectivity index (χ0v) is 11.8. The molecule has 0 aliphatic rings. The molecule has 0 bridgehead atoms. The molecule has 0 amide bonds. The Hall–Kier alpha value is -1.57. The molecule has 0 saturated heterocycles. The van der Waals surface area contributed by atoms with Crippen LogP contribution in [0.25, 0.3) is 10.9 Å². The largest absolute Gasteiger partial charge is 0.335 e. The lowest BCUT2D eigenvalue weighted by atomic mass is 9.86. The van der Waals surface area contributed by atoms with Gasteiger partial charge in [-0.25, -0.2) is 0 Å². The molecule has 0 radical (unpaired) electrons. The summed E-state index contributed by atoms with van der Waals surface area (Å²) in [5, 5.41) is 1.19. The fourth-order valence-electron chi connectivity index (χ4n) is 2.17. The van der Waals surface area contributed by atoms with Gasteiger partial charge in [0.25, 0.3) is 0 Å². The molecule has 1 aromatic carbocycles. The number of hydrogen-bond acceptors (Lipinski definition) is 1. The lowest BCUT2D eigenvalue weighted by Crippen LogP contribution is -2.26. The van der Waals surface area contributed by atoms with Crippen LogP contribution < -0.4 is 0 Å². The van der Waals surface area contributed by atoms with Crippen molar-refractivity contribution in [2.75, 3.05) is 0 Å². The van der Waals surface area contributed by atoms with Gasteiger partial charge < -0.3 is 9.36 Å². The predicted octanol–water partition coefficient (Wildman–Crippen LogP) is 3.87. The molecule has 0 N–H and O–H groups in total. The standard InChI is InChI=1S/C16H21NO/c1-15(2,3)13-6-7-14-12(10-13)8-9-17(14)16(4,5)11-18/h6-11H,1-5H3. The number of aldehydes is 1. The van der Waals surface area contributed by atoms with Crippen molar-refractivity contribution in [2.24, 2.45) is 0 Å². The molecule has 0 atom stereocenters. The molecule has 18 heavy (non-hydrogen) atoms. The van der Waals surface area contributed by atoms with Gasteiger partial charge in [0.05, 0.1) is 5.54 Å². The van der Waals surface area contributed by atoms with Gasteiger partial charge in [-0.3, -0.25) is 0 Å². The average Bonchev–Trinajstić information content (AvgIpc) is 2.71. The summed E-state index contributed by atoms with van der Waals surface area (Å²) in [6.45, 7) is 10.5. The minimum Gasteiger partial charge on any atom is -0.335 e. The number of hydrogen-bond donors (Lipinski definition) is 0. The van der Waals surface area contributed by atoms with Gasteiger partial charge in [0.2, 0.25) is 0 Å². The third-order valence-corrected chi connectivity index (χ3v) is 3.47. The van der Waals surface area contributed by atoms with Gasteiger partial charge in [0.15, 0.2) is 0 Å². The van der Waals surface area contributed by atoms with Crippen molar-refractivity contribution in [1.82, 2.24) is 4.57 Å². The van der Waals surface area contributed by atoms with E-state index in [0.29, 0.717) is 0 Å². The smallest absolute Gasteiger partial charge is 0.145 e. The van der Waals surface area contributed by atoms with E-state index in [0.717, 1.165) is 11.8 Å².